The van der Waals surface area contributed by atoms with Crippen molar-refractivity contribution in [2.75, 3.05) is 30.0 Å². The van der Waals surface area contributed by atoms with Crippen LogP contribution in [0.1, 0.15) is 36.4 Å². The molecule has 0 spiro atoms. The van der Waals surface area contributed by atoms with E-state index in [1.165, 1.54) is 30.6 Å². The van der Waals surface area contributed by atoms with Crippen LogP contribution < -0.4 is 14.5 Å². The van der Waals surface area contributed by atoms with Gasteiger partial charge in [-0.1, -0.05) is 23.2 Å². The van der Waals surface area contributed by atoms with Gasteiger partial charge in [0.25, 0.3) is 11.7 Å². The molecule has 3 heterocycles. The van der Waals surface area contributed by atoms with Crippen molar-refractivity contribution >= 4 is 52.0 Å². The lowest BCUT2D eigenvalue weighted by Gasteiger charge is -2.30. The van der Waals surface area contributed by atoms with Crippen molar-refractivity contribution < 1.29 is 19.4 Å². The molecule has 0 saturated carbocycles. The van der Waals surface area contributed by atoms with Gasteiger partial charge in [0.2, 0.25) is 0 Å². The number of pyridine rings is 1. The van der Waals surface area contributed by atoms with Crippen LogP contribution in [0.25, 0.3) is 5.76 Å². The molecule has 1 amide bonds. The lowest BCUT2D eigenvalue weighted by molar-refractivity contribution is -0.132. The number of rotatable bonds is 5. The van der Waals surface area contributed by atoms with E-state index in [0.717, 1.165) is 31.6 Å². The summed E-state index contributed by atoms with van der Waals surface area (Å²) in [5, 5.41) is 11.7. The third kappa shape index (κ3) is 4.65. The molecule has 0 radical (unpaired) electrons. The molecule has 5 rings (SSSR count). The second-order valence-corrected chi connectivity index (χ2v) is 9.80. The standard InChI is InChI=1S/C28H25Cl2N3O4/c1-37-27-21(29)15-18(16-22(27)30)25(34)23-24(17-9-11-31-12-10-17)33(28(36)26(23)35)20-7-5-19(6-8-20)32-13-3-2-4-14-32/h5-12,15-16,24,34H,2-4,13-14H2,1H3/b25-23+. The van der Waals surface area contributed by atoms with Crippen LogP contribution in [0.3, 0.4) is 0 Å². The number of hydrogen-bond acceptors (Lipinski definition) is 6. The highest BCUT2D eigenvalue weighted by Gasteiger charge is 2.47. The maximum absolute atomic E-state index is 13.4. The summed E-state index contributed by atoms with van der Waals surface area (Å²) >= 11 is 12.6. The van der Waals surface area contributed by atoms with Crippen LogP contribution in [-0.4, -0.2) is 42.0 Å². The second-order valence-electron chi connectivity index (χ2n) is 8.99. The molecular weight excluding hydrogens is 513 g/mol. The monoisotopic (exact) mass is 537 g/mol. The van der Waals surface area contributed by atoms with E-state index < -0.39 is 17.7 Å². The zero-order chi connectivity index (χ0) is 26.1. The summed E-state index contributed by atoms with van der Waals surface area (Å²) in [7, 11) is 1.43. The van der Waals surface area contributed by atoms with Gasteiger partial charge in [-0.3, -0.25) is 19.5 Å². The lowest BCUT2D eigenvalue weighted by Crippen LogP contribution is -2.30. The number of ketones is 1. The fourth-order valence-electron chi connectivity index (χ4n) is 4.98. The number of aliphatic hydroxyl groups excluding tert-OH is 1. The first-order valence-corrected chi connectivity index (χ1v) is 12.8. The second kappa shape index (κ2) is 10.4. The molecule has 2 aliphatic heterocycles. The number of methoxy groups -OCH3 is 1. The Hall–Kier alpha value is -3.55. The Morgan fingerprint density at radius 2 is 1.54 bits per heavy atom. The minimum atomic E-state index is -0.872. The largest absolute Gasteiger partial charge is 0.507 e. The Morgan fingerprint density at radius 3 is 2.14 bits per heavy atom. The number of aromatic nitrogens is 1. The Labute approximate surface area is 224 Å². The summed E-state index contributed by atoms with van der Waals surface area (Å²) in [4.78, 5) is 34.6. The summed E-state index contributed by atoms with van der Waals surface area (Å²) < 4.78 is 5.19. The summed E-state index contributed by atoms with van der Waals surface area (Å²) in [6, 6.07) is 13.1. The molecule has 2 saturated heterocycles. The van der Waals surface area contributed by atoms with Gasteiger partial charge in [-0.05, 0) is 73.4 Å². The number of hydrogen-bond donors (Lipinski definition) is 1. The van der Waals surface area contributed by atoms with E-state index in [2.05, 4.69) is 9.88 Å². The number of ether oxygens (including phenoxy) is 1. The van der Waals surface area contributed by atoms with E-state index in [-0.39, 0.29) is 32.7 Å². The molecule has 2 aromatic carbocycles. The van der Waals surface area contributed by atoms with E-state index in [1.807, 2.05) is 24.3 Å². The van der Waals surface area contributed by atoms with Gasteiger partial charge >= 0.3 is 0 Å². The zero-order valence-electron chi connectivity index (χ0n) is 20.2. The third-order valence-corrected chi connectivity index (χ3v) is 7.35. The molecule has 1 aromatic heterocycles. The van der Waals surface area contributed by atoms with Crippen molar-refractivity contribution in [3.05, 3.63) is 87.7 Å². The highest BCUT2D eigenvalue weighted by atomic mass is 35.5. The summed E-state index contributed by atoms with van der Waals surface area (Å²) in [5.41, 5.74) is 2.39. The zero-order valence-corrected chi connectivity index (χ0v) is 21.7. The highest BCUT2D eigenvalue weighted by molar-refractivity contribution is 6.51. The fraction of sp³-hybridized carbons (Fsp3) is 0.250. The molecular formula is C28H25Cl2N3O4. The number of carbonyl (C=O) groups excluding carboxylic acids is 2. The van der Waals surface area contributed by atoms with Crippen LogP contribution in [0.4, 0.5) is 11.4 Å². The predicted octanol–water partition coefficient (Wildman–Crippen LogP) is 6.01. The van der Waals surface area contributed by atoms with Crippen molar-refractivity contribution in [2.45, 2.75) is 25.3 Å². The lowest BCUT2D eigenvalue weighted by atomic mass is 9.95. The molecule has 37 heavy (non-hydrogen) atoms. The molecule has 2 fully saturated rings. The number of aliphatic hydroxyl groups is 1. The van der Waals surface area contributed by atoms with E-state index in [0.29, 0.717) is 11.3 Å². The number of Topliss-reactive ketones (excluding diaryl/α,β-unsaturated/α-hetero) is 1. The maximum Gasteiger partial charge on any atom is 0.300 e. The van der Waals surface area contributed by atoms with E-state index in [9.17, 15) is 14.7 Å². The third-order valence-electron chi connectivity index (χ3n) is 6.79. The van der Waals surface area contributed by atoms with Gasteiger partial charge in [0.1, 0.15) is 5.76 Å². The average molecular weight is 538 g/mol. The molecule has 1 N–H and O–H groups in total. The molecule has 7 nitrogen and oxygen atoms in total. The number of benzene rings is 2. The summed E-state index contributed by atoms with van der Waals surface area (Å²) in [5.74, 6) is -1.67. The molecule has 1 atom stereocenters. The number of anilines is 2. The minimum absolute atomic E-state index is 0.0615. The Balaban J connectivity index is 1.61. The molecule has 0 bridgehead atoms. The van der Waals surface area contributed by atoms with Gasteiger partial charge in [-0.25, -0.2) is 0 Å². The van der Waals surface area contributed by atoms with Gasteiger partial charge in [0, 0.05) is 42.4 Å². The quantitative estimate of drug-likeness (QED) is 0.243. The van der Waals surface area contributed by atoms with E-state index in [4.69, 9.17) is 27.9 Å². The van der Waals surface area contributed by atoms with Crippen LogP contribution in [0.15, 0.2) is 66.5 Å². The van der Waals surface area contributed by atoms with Crippen molar-refractivity contribution in [3.8, 4) is 5.75 Å². The van der Waals surface area contributed by atoms with Crippen LogP contribution in [-0.2, 0) is 9.59 Å². The molecule has 0 aliphatic carbocycles. The Morgan fingerprint density at radius 1 is 0.946 bits per heavy atom. The fourth-order valence-corrected chi connectivity index (χ4v) is 5.62. The number of nitrogens with zero attached hydrogens (tertiary/aromatic N) is 3. The first-order valence-electron chi connectivity index (χ1n) is 12.0. The molecule has 3 aromatic rings. The van der Waals surface area contributed by atoms with Crippen molar-refractivity contribution in [1.29, 1.82) is 0 Å². The SMILES string of the molecule is COc1c(Cl)cc(/C(O)=C2\C(=O)C(=O)N(c3ccc(N4CCCCC4)cc3)C2c2ccncc2)cc1Cl. The number of amides is 1. The van der Waals surface area contributed by atoms with Crippen molar-refractivity contribution in [1.82, 2.24) is 4.98 Å². The number of piperidine rings is 1. The Bertz CT molecular complexity index is 1350. The van der Waals surface area contributed by atoms with Gasteiger partial charge in [0.15, 0.2) is 5.75 Å². The molecule has 9 heteroatoms. The normalized spacial score (nSPS) is 19.4. The maximum atomic E-state index is 13.4. The van der Waals surface area contributed by atoms with Crippen LogP contribution in [0.5, 0.6) is 5.75 Å². The van der Waals surface area contributed by atoms with Gasteiger partial charge in [-0.2, -0.15) is 0 Å². The predicted molar refractivity (Wildman–Crippen MR) is 145 cm³/mol. The van der Waals surface area contributed by atoms with Crippen LogP contribution in [0.2, 0.25) is 10.0 Å². The Kier molecular flexibility index (Phi) is 7.09. The summed E-state index contributed by atoms with van der Waals surface area (Å²) in [6.07, 6.45) is 6.69. The van der Waals surface area contributed by atoms with Gasteiger partial charge in [-0.15, -0.1) is 0 Å². The average Bonchev–Trinajstić information content (AvgIpc) is 3.19. The van der Waals surface area contributed by atoms with Crippen LogP contribution in [0, 0.1) is 0 Å². The summed E-state index contributed by atoms with van der Waals surface area (Å²) in [6.45, 7) is 1.99. The first-order chi connectivity index (χ1) is 17.9. The molecule has 1 unspecified atom stereocenters. The number of halogens is 2. The van der Waals surface area contributed by atoms with Crippen molar-refractivity contribution in [2.24, 2.45) is 0 Å². The van der Waals surface area contributed by atoms with Gasteiger partial charge in [0.05, 0.1) is 28.8 Å². The molecule has 2 aliphatic rings. The first kappa shape index (κ1) is 25.1. The molecule has 190 valence electrons. The van der Waals surface area contributed by atoms with E-state index >= 15 is 0 Å². The van der Waals surface area contributed by atoms with E-state index in [1.54, 1.807) is 24.5 Å². The minimum Gasteiger partial charge on any atom is -0.507 e. The smallest absolute Gasteiger partial charge is 0.300 e. The van der Waals surface area contributed by atoms with Gasteiger partial charge < -0.3 is 14.7 Å². The highest BCUT2D eigenvalue weighted by Crippen LogP contribution is 2.44. The number of carbonyl (C=O) groups is 2. The van der Waals surface area contributed by atoms with Crippen molar-refractivity contribution in [3.63, 3.8) is 0 Å². The topological polar surface area (TPSA) is 83.0 Å². The van der Waals surface area contributed by atoms with Crippen LogP contribution >= 0.6 is 23.2 Å².